The molecule has 112 valence electrons. The van der Waals surface area contributed by atoms with Crippen molar-refractivity contribution in [2.45, 2.75) is 26.4 Å². The fourth-order valence-corrected chi connectivity index (χ4v) is 2.24. The van der Waals surface area contributed by atoms with E-state index in [1.807, 2.05) is 17.0 Å². The van der Waals surface area contributed by atoms with E-state index in [1.165, 1.54) is 0 Å². The number of nitrogen functional groups attached to an aromatic ring is 1. The molecule has 0 saturated carbocycles. The van der Waals surface area contributed by atoms with Crippen molar-refractivity contribution in [3.63, 3.8) is 0 Å². The van der Waals surface area contributed by atoms with E-state index < -0.39 is 0 Å². The smallest absolute Gasteiger partial charge is 0.256 e. The van der Waals surface area contributed by atoms with Crippen LogP contribution in [0.3, 0.4) is 0 Å². The predicted octanol–water partition coefficient (Wildman–Crippen LogP) is 2.58. The second-order valence-electron chi connectivity index (χ2n) is 5.48. The van der Waals surface area contributed by atoms with E-state index in [9.17, 15) is 4.79 Å². The number of nitrogens with zero attached hydrogens (tertiary/aromatic N) is 1. The maximum absolute atomic E-state index is 12.3. The number of para-hydroxylation sites is 1. The van der Waals surface area contributed by atoms with Crippen molar-refractivity contribution in [1.29, 1.82) is 0 Å². The van der Waals surface area contributed by atoms with Gasteiger partial charge in [0.25, 0.3) is 5.91 Å². The largest absolute Gasteiger partial charge is 0.398 e. The molecular weight excluding hydrogens is 276 g/mol. The molecule has 1 heterocycles. The molecule has 2 N–H and O–H groups in total. The third kappa shape index (κ3) is 4.12. The van der Waals surface area contributed by atoms with Crippen LogP contribution in [0.2, 0.25) is 0 Å². The average Bonchev–Trinajstić information content (AvgIpc) is 2.85. The first kappa shape index (κ1) is 16.8. The van der Waals surface area contributed by atoms with Gasteiger partial charge in [0.05, 0.1) is 11.7 Å². The standard InChI is InChI=1S/C15H22N2O2.ClH/c1-11(2)10-19-12-7-8-17(9-12)15(18)13-5-3-4-6-14(13)16;/h3-6,11-12H,7-10,16H2,1-2H3;1H. The maximum Gasteiger partial charge on any atom is 0.256 e. The molecule has 1 unspecified atom stereocenters. The molecule has 4 nitrogen and oxygen atoms in total. The lowest BCUT2D eigenvalue weighted by Crippen LogP contribution is -2.31. The molecule has 1 aromatic carbocycles. The van der Waals surface area contributed by atoms with E-state index in [1.54, 1.807) is 12.1 Å². The van der Waals surface area contributed by atoms with Crippen molar-refractivity contribution >= 4 is 24.0 Å². The lowest BCUT2D eigenvalue weighted by molar-refractivity contribution is 0.0396. The summed E-state index contributed by atoms with van der Waals surface area (Å²) in [7, 11) is 0. The number of benzene rings is 1. The quantitative estimate of drug-likeness (QED) is 0.869. The molecule has 1 saturated heterocycles. The normalized spacial score (nSPS) is 18.1. The molecule has 1 aromatic rings. The summed E-state index contributed by atoms with van der Waals surface area (Å²) in [5.41, 5.74) is 6.97. The van der Waals surface area contributed by atoms with Crippen LogP contribution in [0.4, 0.5) is 5.69 Å². The number of anilines is 1. The number of carbonyl (C=O) groups excluding carboxylic acids is 1. The van der Waals surface area contributed by atoms with Gasteiger partial charge in [-0.25, -0.2) is 0 Å². The molecule has 0 radical (unpaired) electrons. The molecule has 0 spiro atoms. The molecule has 1 atom stereocenters. The first-order valence-electron chi connectivity index (χ1n) is 6.83. The lowest BCUT2D eigenvalue weighted by Gasteiger charge is -2.18. The third-order valence-corrected chi connectivity index (χ3v) is 3.29. The molecule has 0 aromatic heterocycles. The lowest BCUT2D eigenvalue weighted by atomic mass is 10.1. The molecule has 0 bridgehead atoms. The Hall–Kier alpha value is -1.26. The molecular formula is C15H23ClN2O2. The van der Waals surface area contributed by atoms with E-state index >= 15 is 0 Å². The Balaban J connectivity index is 0.00000200. The Bertz CT molecular complexity index is 451. The third-order valence-electron chi connectivity index (χ3n) is 3.29. The van der Waals surface area contributed by atoms with Gasteiger partial charge in [-0.15, -0.1) is 12.4 Å². The SMILES string of the molecule is CC(C)COC1CCN(C(=O)c2ccccc2N)C1.Cl. The highest BCUT2D eigenvalue weighted by Crippen LogP contribution is 2.19. The minimum atomic E-state index is 0. The minimum absolute atomic E-state index is 0. The first-order valence-corrected chi connectivity index (χ1v) is 6.83. The van der Waals surface area contributed by atoms with Crippen molar-refractivity contribution < 1.29 is 9.53 Å². The number of hydrogen-bond acceptors (Lipinski definition) is 3. The summed E-state index contributed by atoms with van der Waals surface area (Å²) in [5.74, 6) is 0.531. The number of nitrogens with two attached hydrogens (primary N) is 1. The Kier molecular flexibility index (Phi) is 6.30. The summed E-state index contributed by atoms with van der Waals surface area (Å²) < 4.78 is 5.79. The highest BCUT2D eigenvalue weighted by atomic mass is 35.5. The number of ether oxygens (including phenoxy) is 1. The fourth-order valence-electron chi connectivity index (χ4n) is 2.24. The Labute approximate surface area is 126 Å². The average molecular weight is 299 g/mol. The number of amides is 1. The zero-order valence-electron chi connectivity index (χ0n) is 12.0. The van der Waals surface area contributed by atoms with Gasteiger partial charge < -0.3 is 15.4 Å². The van der Waals surface area contributed by atoms with Gasteiger partial charge in [-0.1, -0.05) is 26.0 Å². The van der Waals surface area contributed by atoms with E-state index in [4.69, 9.17) is 10.5 Å². The molecule has 5 heteroatoms. The monoisotopic (exact) mass is 298 g/mol. The van der Waals surface area contributed by atoms with E-state index in [2.05, 4.69) is 13.8 Å². The van der Waals surface area contributed by atoms with Crippen LogP contribution in [-0.2, 0) is 4.74 Å². The van der Waals surface area contributed by atoms with Gasteiger partial charge in [0.1, 0.15) is 0 Å². The van der Waals surface area contributed by atoms with E-state index in [0.717, 1.165) is 19.6 Å². The van der Waals surface area contributed by atoms with Crippen molar-refractivity contribution in [3.05, 3.63) is 29.8 Å². The van der Waals surface area contributed by atoms with Crippen molar-refractivity contribution in [1.82, 2.24) is 4.90 Å². The highest BCUT2D eigenvalue weighted by molar-refractivity contribution is 5.99. The summed E-state index contributed by atoms with van der Waals surface area (Å²) in [6, 6.07) is 7.22. The van der Waals surface area contributed by atoms with Crippen LogP contribution in [-0.4, -0.2) is 36.6 Å². The van der Waals surface area contributed by atoms with Crippen LogP contribution >= 0.6 is 12.4 Å². The van der Waals surface area contributed by atoms with Crippen molar-refractivity contribution in [3.8, 4) is 0 Å². The minimum Gasteiger partial charge on any atom is -0.398 e. The number of rotatable bonds is 4. The van der Waals surface area contributed by atoms with Gasteiger partial charge in [0.2, 0.25) is 0 Å². The Morgan fingerprint density at radius 3 is 2.80 bits per heavy atom. The van der Waals surface area contributed by atoms with E-state index in [-0.39, 0.29) is 24.4 Å². The van der Waals surface area contributed by atoms with Crippen LogP contribution in [0, 0.1) is 5.92 Å². The van der Waals surface area contributed by atoms with Gasteiger partial charge >= 0.3 is 0 Å². The summed E-state index contributed by atoms with van der Waals surface area (Å²) in [6.45, 7) is 6.42. The summed E-state index contributed by atoms with van der Waals surface area (Å²) in [6.07, 6.45) is 1.07. The predicted molar refractivity (Wildman–Crippen MR) is 83.2 cm³/mol. The number of halogens is 1. The first-order chi connectivity index (χ1) is 9.08. The second-order valence-corrected chi connectivity index (χ2v) is 5.48. The zero-order chi connectivity index (χ0) is 13.8. The zero-order valence-corrected chi connectivity index (χ0v) is 12.9. The van der Waals surface area contributed by atoms with Crippen LogP contribution < -0.4 is 5.73 Å². The molecule has 1 aliphatic rings. The topological polar surface area (TPSA) is 55.6 Å². The van der Waals surface area contributed by atoms with Crippen LogP contribution in [0.15, 0.2) is 24.3 Å². The summed E-state index contributed by atoms with van der Waals surface area (Å²) >= 11 is 0. The molecule has 0 aliphatic carbocycles. The van der Waals surface area contributed by atoms with Gasteiger partial charge in [-0.3, -0.25) is 4.79 Å². The van der Waals surface area contributed by atoms with Crippen molar-refractivity contribution in [2.75, 3.05) is 25.4 Å². The number of hydrogen-bond donors (Lipinski definition) is 1. The summed E-state index contributed by atoms with van der Waals surface area (Å²) in [5, 5.41) is 0. The van der Waals surface area contributed by atoms with Gasteiger partial charge in [-0.05, 0) is 24.5 Å². The number of likely N-dealkylation sites (tertiary alicyclic amines) is 1. The molecule has 20 heavy (non-hydrogen) atoms. The van der Waals surface area contributed by atoms with Crippen LogP contribution in [0.5, 0.6) is 0 Å². The van der Waals surface area contributed by atoms with Crippen molar-refractivity contribution in [2.24, 2.45) is 5.92 Å². The second kappa shape index (κ2) is 7.50. The maximum atomic E-state index is 12.3. The van der Waals surface area contributed by atoms with Gasteiger partial charge in [0, 0.05) is 25.4 Å². The summed E-state index contributed by atoms with van der Waals surface area (Å²) in [4.78, 5) is 14.2. The molecule has 1 aliphatic heterocycles. The van der Waals surface area contributed by atoms with Gasteiger partial charge in [-0.2, -0.15) is 0 Å². The molecule has 1 amide bonds. The van der Waals surface area contributed by atoms with E-state index in [0.29, 0.717) is 23.7 Å². The highest BCUT2D eigenvalue weighted by Gasteiger charge is 2.28. The number of carbonyl (C=O) groups is 1. The Morgan fingerprint density at radius 1 is 1.45 bits per heavy atom. The molecule has 1 fully saturated rings. The molecule has 2 rings (SSSR count). The Morgan fingerprint density at radius 2 is 2.15 bits per heavy atom. The van der Waals surface area contributed by atoms with Gasteiger partial charge in [0.15, 0.2) is 0 Å². The van der Waals surface area contributed by atoms with Crippen LogP contribution in [0.25, 0.3) is 0 Å². The van der Waals surface area contributed by atoms with Crippen LogP contribution in [0.1, 0.15) is 30.6 Å². The fraction of sp³-hybridized carbons (Fsp3) is 0.533.